The van der Waals surface area contributed by atoms with E-state index in [4.69, 9.17) is 0 Å². The molecule has 9 aromatic carbocycles. The van der Waals surface area contributed by atoms with Crippen LogP contribution in [-0.2, 0) is 10.1 Å². The Bertz CT molecular complexity index is 2450. The molecule has 0 aliphatic heterocycles. The Morgan fingerprint density at radius 1 is 0.373 bits per heavy atom. The molecule has 0 saturated heterocycles. The fourth-order valence-electron chi connectivity index (χ4n) is 7.53. The fourth-order valence-corrected chi connectivity index (χ4v) is 12.5. The van der Waals surface area contributed by atoms with E-state index in [1.54, 1.807) is 0 Å². The summed E-state index contributed by atoms with van der Waals surface area (Å²) in [5.74, 6) is 0.653. The molecule has 0 N–H and O–H groups in total. The molecule has 0 unspecified atom stereocenters. The summed E-state index contributed by atoms with van der Waals surface area (Å²) < 4.78 is 0. The summed E-state index contributed by atoms with van der Waals surface area (Å²) in [6.45, 7) is 6.54. The monoisotopic (exact) mass is 1110 g/mol. The summed E-state index contributed by atoms with van der Waals surface area (Å²) in [7, 11) is -1.05. The third-order valence-electron chi connectivity index (χ3n) is 10.3. The van der Waals surface area contributed by atoms with Gasteiger partial charge in [0.2, 0.25) is 0 Å². The maximum Gasteiger partial charge on any atom is -0.000884 e. The Balaban J connectivity index is 0.000000351. The van der Waals surface area contributed by atoms with Gasteiger partial charge in [-0.1, -0.05) is 238 Å². The Labute approximate surface area is 382 Å². The topological polar surface area (TPSA) is 0 Å². The van der Waals surface area contributed by atoms with E-state index in [1.807, 2.05) is 0 Å². The molecule has 0 aliphatic carbocycles. The maximum atomic E-state index is 2.42. The molecule has 0 saturated carbocycles. The molecule has 294 valence electrons. The summed E-state index contributed by atoms with van der Waals surface area (Å²) in [4.78, 5) is 0. The Kier molecular flexibility index (Phi) is 16.1. The van der Waals surface area contributed by atoms with Gasteiger partial charge in [-0.25, -0.2) is 0 Å². The number of fused-ring (bicyclic) bond motifs is 2. The van der Waals surface area contributed by atoms with Crippen LogP contribution in [0.2, 0.25) is 0 Å². The average Bonchev–Trinajstić information content (AvgIpc) is 3.29. The van der Waals surface area contributed by atoms with Crippen LogP contribution >= 0.6 is 55.3 Å². The SMILES string of the molecule is Cc1ccc(C(C)C)cc1.[I][Ru][I].c1ccc(P(c2ccccc2)c2ccc3ccccc3c2-c2c(P(c3ccccc3)c3ccccc3)ccc3ccccc23)cc1. The molecule has 0 amide bonds. The van der Waals surface area contributed by atoms with Crippen molar-refractivity contribution in [2.24, 2.45) is 0 Å². The first-order chi connectivity index (χ1) is 29.0. The van der Waals surface area contributed by atoms with Crippen LogP contribution in [0, 0.1) is 6.92 Å². The first kappa shape index (κ1) is 43.5. The smallest absolute Gasteiger partial charge is 0.000884 e. The van der Waals surface area contributed by atoms with Crippen molar-refractivity contribution < 1.29 is 10.1 Å². The van der Waals surface area contributed by atoms with E-state index >= 15 is 0 Å². The molecule has 0 fully saturated rings. The van der Waals surface area contributed by atoms with Gasteiger partial charge in [0.1, 0.15) is 0 Å². The second-order valence-electron chi connectivity index (χ2n) is 14.5. The van der Waals surface area contributed by atoms with Gasteiger partial charge in [-0.15, -0.1) is 0 Å². The van der Waals surface area contributed by atoms with Crippen LogP contribution in [-0.4, -0.2) is 0 Å². The zero-order chi connectivity index (χ0) is 41.0. The summed E-state index contributed by atoms with van der Waals surface area (Å²) in [5.41, 5.74) is 5.46. The van der Waals surface area contributed by atoms with E-state index < -0.39 is 15.8 Å². The molecule has 0 heterocycles. The van der Waals surface area contributed by atoms with Gasteiger partial charge in [-0.2, -0.15) is 0 Å². The minimum absolute atomic E-state index is 0.650. The Hall–Kier alpha value is -3.56. The first-order valence-corrected chi connectivity index (χ1v) is 32.8. The van der Waals surface area contributed by atoms with Crippen molar-refractivity contribution >= 4 is 109 Å². The van der Waals surface area contributed by atoms with Crippen molar-refractivity contribution in [3.05, 3.63) is 230 Å². The molecule has 9 rings (SSSR count). The first-order valence-electron chi connectivity index (χ1n) is 19.7. The van der Waals surface area contributed by atoms with Crippen LogP contribution in [0.1, 0.15) is 30.9 Å². The van der Waals surface area contributed by atoms with Crippen molar-refractivity contribution in [3.63, 3.8) is 0 Å². The van der Waals surface area contributed by atoms with E-state index in [0.717, 1.165) is 0 Å². The second kappa shape index (κ2) is 21.8. The molecular formula is C54H46I2P2Ru. The summed E-state index contributed by atoms with van der Waals surface area (Å²) >= 11 is 4.73. The summed E-state index contributed by atoms with van der Waals surface area (Å²) in [6, 6.07) is 80.5. The molecule has 0 nitrogen and oxygen atoms in total. The van der Waals surface area contributed by atoms with Crippen molar-refractivity contribution in [2.45, 2.75) is 26.7 Å². The van der Waals surface area contributed by atoms with E-state index in [2.05, 4.69) is 279 Å². The van der Waals surface area contributed by atoms with Crippen molar-refractivity contribution in [1.82, 2.24) is 0 Å². The number of aryl methyl sites for hydroxylation is 1. The van der Waals surface area contributed by atoms with Crippen LogP contribution < -0.4 is 31.8 Å². The van der Waals surface area contributed by atoms with Crippen LogP contribution in [0.4, 0.5) is 0 Å². The van der Waals surface area contributed by atoms with E-state index in [-0.39, 0.29) is 0 Å². The molecule has 0 spiro atoms. The van der Waals surface area contributed by atoms with Gasteiger partial charge in [-0.3, -0.25) is 0 Å². The minimum Gasteiger partial charge on any atom is -0.0622 e. The quantitative estimate of drug-likeness (QED) is 0.0808. The zero-order valence-electron chi connectivity index (χ0n) is 33.4. The van der Waals surface area contributed by atoms with Crippen molar-refractivity contribution in [3.8, 4) is 11.1 Å². The Morgan fingerprint density at radius 2 is 0.678 bits per heavy atom. The van der Waals surface area contributed by atoms with E-state index in [1.165, 1.54) is 75.6 Å². The average molecular weight is 1110 g/mol. The normalized spacial score (nSPS) is 11.1. The molecule has 9 aromatic rings. The van der Waals surface area contributed by atoms with Gasteiger partial charge >= 0.3 is 49.6 Å². The molecule has 0 atom stereocenters. The Morgan fingerprint density at radius 3 is 1.00 bits per heavy atom. The molecule has 0 aromatic heterocycles. The van der Waals surface area contributed by atoms with Gasteiger partial charge < -0.3 is 0 Å². The summed E-state index contributed by atoms with van der Waals surface area (Å²) in [6.07, 6.45) is 0. The molecule has 0 bridgehead atoms. The third kappa shape index (κ3) is 10.7. The molecule has 0 radical (unpaired) electrons. The van der Waals surface area contributed by atoms with Gasteiger partial charge in [0, 0.05) is 0 Å². The number of hydrogen-bond acceptors (Lipinski definition) is 0. The van der Waals surface area contributed by atoms with Gasteiger partial charge in [0.05, 0.1) is 0 Å². The van der Waals surface area contributed by atoms with Gasteiger partial charge in [0.15, 0.2) is 0 Å². The van der Waals surface area contributed by atoms with E-state index in [9.17, 15) is 0 Å². The van der Waals surface area contributed by atoms with E-state index in [0.29, 0.717) is 16.0 Å². The molecule has 0 aliphatic rings. The number of rotatable bonds is 8. The number of benzene rings is 9. The van der Waals surface area contributed by atoms with Crippen LogP contribution in [0.5, 0.6) is 0 Å². The van der Waals surface area contributed by atoms with Gasteiger partial charge in [-0.05, 0) is 98.7 Å². The zero-order valence-corrected chi connectivity index (χ0v) is 41.2. The molecular weight excluding hydrogens is 1070 g/mol. The number of hydrogen-bond donors (Lipinski definition) is 0. The third-order valence-corrected chi connectivity index (χ3v) is 15.3. The van der Waals surface area contributed by atoms with Gasteiger partial charge in [0.25, 0.3) is 0 Å². The second-order valence-corrected chi connectivity index (χ2v) is 32.3. The van der Waals surface area contributed by atoms with Crippen LogP contribution in [0.15, 0.2) is 218 Å². The molecule has 5 heteroatoms. The largest absolute Gasteiger partial charge is 0.0622 e. The maximum absolute atomic E-state index is 2.42. The standard InChI is InChI=1S/C44H32P2.C10H14.2HI.Ru/c1-5-19-35(20-6-1)45(36-21-7-2-8-22-36)41-31-29-33-17-13-15-27-39(33)43(41)44-40-28-16-14-18-34(40)30-32-42(44)46(37-23-9-3-10-24-37)38-25-11-4-12-26-38;1-8(2)10-6-4-9(3)5-7-10;;;/h1-32H;4-8H,1-3H3;2*1H;/q;;;;+2/p-2. The van der Waals surface area contributed by atoms with Crippen LogP contribution in [0.25, 0.3) is 32.7 Å². The fraction of sp³-hybridized carbons (Fsp3) is 0.0741. The summed E-state index contributed by atoms with van der Waals surface area (Å²) in [5, 5.41) is 13.3. The predicted molar refractivity (Wildman–Crippen MR) is 278 cm³/mol. The number of halogens is 2. The van der Waals surface area contributed by atoms with Crippen LogP contribution in [0.3, 0.4) is 0 Å². The minimum atomic E-state index is -0.852. The van der Waals surface area contributed by atoms with Crippen molar-refractivity contribution in [2.75, 3.05) is 0 Å². The van der Waals surface area contributed by atoms with Crippen molar-refractivity contribution in [1.29, 1.82) is 0 Å². The predicted octanol–water partition coefficient (Wildman–Crippen LogP) is 14.1. The molecule has 59 heavy (non-hydrogen) atoms.